The minimum atomic E-state index is -0.405. The van der Waals surface area contributed by atoms with Crippen LogP contribution in [-0.4, -0.2) is 60.5 Å². The SMILES string of the molecule is CC[C@H](C)NC(=O)NC(=O)CN1CCN(Cc2cccc(C)c2)CC1. The number of aryl methyl sites for hydroxylation is 1. The van der Waals surface area contributed by atoms with E-state index in [2.05, 4.69) is 51.6 Å². The van der Waals surface area contributed by atoms with E-state index in [1.807, 2.05) is 13.8 Å². The Bertz CT molecular complexity index is 583. The molecule has 2 rings (SSSR count). The van der Waals surface area contributed by atoms with E-state index >= 15 is 0 Å². The number of carbonyl (C=O) groups is 2. The van der Waals surface area contributed by atoms with Crippen LogP contribution in [0.1, 0.15) is 31.4 Å². The van der Waals surface area contributed by atoms with Crippen molar-refractivity contribution in [2.75, 3.05) is 32.7 Å². The molecule has 1 heterocycles. The van der Waals surface area contributed by atoms with Gasteiger partial charge in [-0.3, -0.25) is 19.9 Å². The highest BCUT2D eigenvalue weighted by atomic mass is 16.2. The lowest BCUT2D eigenvalue weighted by Crippen LogP contribution is -2.51. The smallest absolute Gasteiger partial charge is 0.321 e. The first kappa shape index (κ1) is 19.4. The summed E-state index contributed by atoms with van der Waals surface area (Å²) in [6.07, 6.45) is 0.838. The molecule has 0 saturated carbocycles. The summed E-state index contributed by atoms with van der Waals surface area (Å²) < 4.78 is 0. The zero-order chi connectivity index (χ0) is 18.2. The number of hydrogen-bond donors (Lipinski definition) is 2. The lowest BCUT2D eigenvalue weighted by Gasteiger charge is -2.34. The lowest BCUT2D eigenvalue weighted by molar-refractivity contribution is -0.121. The number of urea groups is 1. The predicted octanol–water partition coefficient (Wildman–Crippen LogP) is 1.74. The van der Waals surface area contributed by atoms with Crippen molar-refractivity contribution in [1.82, 2.24) is 20.4 Å². The Balaban J connectivity index is 1.69. The maximum Gasteiger partial charge on any atom is 0.321 e. The average molecular weight is 346 g/mol. The normalized spacial score (nSPS) is 17.1. The van der Waals surface area contributed by atoms with Crippen molar-refractivity contribution in [2.45, 2.75) is 39.8 Å². The number of hydrogen-bond acceptors (Lipinski definition) is 4. The molecule has 6 nitrogen and oxygen atoms in total. The Morgan fingerprint density at radius 2 is 1.84 bits per heavy atom. The van der Waals surface area contributed by atoms with Crippen molar-refractivity contribution in [2.24, 2.45) is 0 Å². The zero-order valence-corrected chi connectivity index (χ0v) is 15.5. The quantitative estimate of drug-likeness (QED) is 0.823. The van der Waals surface area contributed by atoms with E-state index in [0.717, 1.165) is 39.1 Å². The number of imide groups is 1. The molecule has 3 amide bonds. The molecule has 6 heteroatoms. The second kappa shape index (κ2) is 9.53. The first-order valence-electron chi connectivity index (χ1n) is 9.07. The average Bonchev–Trinajstić information content (AvgIpc) is 2.56. The van der Waals surface area contributed by atoms with E-state index in [4.69, 9.17) is 0 Å². The number of carbonyl (C=O) groups excluding carboxylic acids is 2. The van der Waals surface area contributed by atoms with Gasteiger partial charge in [0.25, 0.3) is 0 Å². The molecule has 1 aromatic rings. The van der Waals surface area contributed by atoms with Crippen LogP contribution in [0.5, 0.6) is 0 Å². The number of benzene rings is 1. The Morgan fingerprint density at radius 1 is 1.16 bits per heavy atom. The Labute approximate surface area is 150 Å². The van der Waals surface area contributed by atoms with Gasteiger partial charge in [0.2, 0.25) is 5.91 Å². The second-order valence-corrected chi connectivity index (χ2v) is 6.87. The topological polar surface area (TPSA) is 64.7 Å². The number of piperazine rings is 1. The number of nitrogens with one attached hydrogen (secondary N) is 2. The van der Waals surface area contributed by atoms with Crippen molar-refractivity contribution in [3.8, 4) is 0 Å². The Morgan fingerprint density at radius 3 is 2.48 bits per heavy atom. The molecular formula is C19H30N4O2. The van der Waals surface area contributed by atoms with Gasteiger partial charge in [0.05, 0.1) is 6.54 Å². The summed E-state index contributed by atoms with van der Waals surface area (Å²) in [4.78, 5) is 28.1. The van der Waals surface area contributed by atoms with Crippen LogP contribution in [0.25, 0.3) is 0 Å². The molecule has 0 aliphatic carbocycles. The van der Waals surface area contributed by atoms with Crippen LogP contribution >= 0.6 is 0 Å². The first-order valence-corrected chi connectivity index (χ1v) is 9.07. The maximum absolute atomic E-state index is 12.0. The van der Waals surface area contributed by atoms with Crippen LogP contribution in [-0.2, 0) is 11.3 Å². The van der Waals surface area contributed by atoms with E-state index < -0.39 is 6.03 Å². The van der Waals surface area contributed by atoms with E-state index in [1.165, 1.54) is 11.1 Å². The summed E-state index contributed by atoms with van der Waals surface area (Å²) in [6.45, 7) is 10.8. The van der Waals surface area contributed by atoms with Gasteiger partial charge in [-0.05, 0) is 25.8 Å². The van der Waals surface area contributed by atoms with Crippen molar-refractivity contribution in [1.29, 1.82) is 0 Å². The Hall–Kier alpha value is -1.92. The summed E-state index contributed by atoms with van der Waals surface area (Å²) >= 11 is 0. The third-order valence-corrected chi connectivity index (χ3v) is 4.56. The molecular weight excluding hydrogens is 316 g/mol. The monoisotopic (exact) mass is 346 g/mol. The molecule has 1 aliphatic rings. The van der Waals surface area contributed by atoms with Crippen molar-refractivity contribution in [3.05, 3.63) is 35.4 Å². The minimum Gasteiger partial charge on any atom is -0.335 e. The van der Waals surface area contributed by atoms with E-state index in [-0.39, 0.29) is 18.5 Å². The summed E-state index contributed by atoms with van der Waals surface area (Å²) in [7, 11) is 0. The second-order valence-electron chi connectivity index (χ2n) is 6.87. The third-order valence-electron chi connectivity index (χ3n) is 4.56. The zero-order valence-electron chi connectivity index (χ0n) is 15.5. The van der Waals surface area contributed by atoms with Crippen LogP contribution in [0.15, 0.2) is 24.3 Å². The molecule has 2 N–H and O–H groups in total. The van der Waals surface area contributed by atoms with Crippen LogP contribution in [0.3, 0.4) is 0 Å². The van der Waals surface area contributed by atoms with Gasteiger partial charge in [-0.15, -0.1) is 0 Å². The number of amides is 3. The standard InChI is InChI=1S/C19H30N4O2/c1-4-16(3)20-19(25)21-18(24)14-23-10-8-22(9-11-23)13-17-7-5-6-15(2)12-17/h5-7,12,16H,4,8-11,13-14H2,1-3H3,(H2,20,21,24,25)/t16-/m0/s1. The van der Waals surface area contributed by atoms with Crippen LogP contribution in [0, 0.1) is 6.92 Å². The summed E-state index contributed by atoms with van der Waals surface area (Å²) in [6, 6.07) is 8.24. The predicted molar refractivity (Wildman–Crippen MR) is 99.3 cm³/mol. The van der Waals surface area contributed by atoms with Crippen LogP contribution in [0.4, 0.5) is 4.79 Å². The largest absolute Gasteiger partial charge is 0.335 e. The fourth-order valence-electron chi connectivity index (χ4n) is 2.91. The highest BCUT2D eigenvalue weighted by Crippen LogP contribution is 2.10. The molecule has 0 unspecified atom stereocenters. The van der Waals surface area contributed by atoms with Gasteiger partial charge < -0.3 is 5.32 Å². The lowest BCUT2D eigenvalue weighted by atomic mass is 10.1. The summed E-state index contributed by atoms with van der Waals surface area (Å²) in [5.74, 6) is -0.243. The fourth-order valence-corrected chi connectivity index (χ4v) is 2.91. The van der Waals surface area contributed by atoms with E-state index in [1.54, 1.807) is 0 Å². The van der Waals surface area contributed by atoms with Gasteiger partial charge in [-0.2, -0.15) is 0 Å². The maximum atomic E-state index is 12.0. The molecule has 0 radical (unpaired) electrons. The number of rotatable bonds is 6. The molecule has 0 spiro atoms. The molecule has 1 atom stereocenters. The highest BCUT2D eigenvalue weighted by Gasteiger charge is 2.20. The van der Waals surface area contributed by atoms with Crippen molar-refractivity contribution in [3.63, 3.8) is 0 Å². The number of nitrogens with zero attached hydrogens (tertiary/aromatic N) is 2. The Kier molecular flexibility index (Phi) is 7.40. The molecule has 1 fully saturated rings. The molecule has 1 aromatic carbocycles. The van der Waals surface area contributed by atoms with Crippen molar-refractivity contribution < 1.29 is 9.59 Å². The fraction of sp³-hybridized carbons (Fsp3) is 0.579. The highest BCUT2D eigenvalue weighted by molar-refractivity contribution is 5.95. The first-order chi connectivity index (χ1) is 12.0. The van der Waals surface area contributed by atoms with Gasteiger partial charge in [0, 0.05) is 38.8 Å². The molecule has 138 valence electrons. The van der Waals surface area contributed by atoms with Gasteiger partial charge >= 0.3 is 6.03 Å². The summed E-state index contributed by atoms with van der Waals surface area (Å²) in [5, 5.41) is 5.14. The van der Waals surface area contributed by atoms with Gasteiger partial charge in [0.15, 0.2) is 0 Å². The van der Waals surface area contributed by atoms with E-state index in [0.29, 0.717) is 0 Å². The van der Waals surface area contributed by atoms with E-state index in [9.17, 15) is 9.59 Å². The van der Waals surface area contributed by atoms with Crippen LogP contribution < -0.4 is 10.6 Å². The van der Waals surface area contributed by atoms with Crippen LogP contribution in [0.2, 0.25) is 0 Å². The molecule has 0 aromatic heterocycles. The van der Waals surface area contributed by atoms with Gasteiger partial charge in [0.1, 0.15) is 0 Å². The molecule has 25 heavy (non-hydrogen) atoms. The summed E-state index contributed by atoms with van der Waals surface area (Å²) in [5.41, 5.74) is 2.61. The molecule has 1 aliphatic heterocycles. The molecule has 1 saturated heterocycles. The third kappa shape index (κ3) is 6.84. The van der Waals surface area contributed by atoms with Gasteiger partial charge in [-0.25, -0.2) is 4.79 Å². The minimum absolute atomic E-state index is 0.0676. The van der Waals surface area contributed by atoms with Crippen molar-refractivity contribution >= 4 is 11.9 Å². The molecule has 0 bridgehead atoms. The van der Waals surface area contributed by atoms with Gasteiger partial charge in [-0.1, -0.05) is 36.8 Å².